The van der Waals surface area contributed by atoms with Gasteiger partial charge >= 0.3 is 6.18 Å². The Kier molecular flexibility index (Phi) is 2.55. The van der Waals surface area contributed by atoms with Gasteiger partial charge in [-0.2, -0.15) is 13.2 Å². The van der Waals surface area contributed by atoms with Crippen molar-refractivity contribution < 1.29 is 26.7 Å². The number of aldehydes is 1. The molecule has 0 unspecified atom stereocenters. The minimum Gasteiger partial charge on any atom is -0.298 e. The van der Waals surface area contributed by atoms with Gasteiger partial charge in [-0.05, 0) is 12.1 Å². The molecule has 1 nitrogen and oxygen atoms in total. The number of hydrogen-bond donors (Lipinski definition) is 0. The van der Waals surface area contributed by atoms with Crippen molar-refractivity contribution in [1.82, 2.24) is 0 Å². The third kappa shape index (κ3) is 1.89. The van der Waals surface area contributed by atoms with Crippen LogP contribution in [0, 0.1) is 11.6 Å². The lowest BCUT2D eigenvalue weighted by atomic mass is 10.1. The molecule has 0 saturated carbocycles. The third-order valence-electron chi connectivity index (χ3n) is 1.49. The summed E-state index contributed by atoms with van der Waals surface area (Å²) in [6.45, 7) is 0. The molecule has 1 rings (SSSR count). The molecule has 0 saturated heterocycles. The first kappa shape index (κ1) is 10.6. The standard InChI is InChI=1S/C8H3F5O/c9-6-2-4(3-14)1-5(7(6)10)8(11,12)13/h1-3H. The summed E-state index contributed by atoms with van der Waals surface area (Å²) in [5.74, 6) is -3.69. The van der Waals surface area contributed by atoms with Crippen LogP contribution in [-0.4, -0.2) is 6.29 Å². The Labute approximate surface area is 75.2 Å². The van der Waals surface area contributed by atoms with Crippen molar-refractivity contribution in [2.45, 2.75) is 6.18 Å². The van der Waals surface area contributed by atoms with Crippen LogP contribution in [0.1, 0.15) is 15.9 Å². The number of carbonyl (C=O) groups is 1. The van der Waals surface area contributed by atoms with Gasteiger partial charge in [0.2, 0.25) is 0 Å². The molecule has 0 aliphatic heterocycles. The summed E-state index contributed by atoms with van der Waals surface area (Å²) in [6.07, 6.45) is -5.00. The van der Waals surface area contributed by atoms with Gasteiger partial charge in [-0.1, -0.05) is 0 Å². The van der Waals surface area contributed by atoms with Crippen molar-refractivity contribution in [3.05, 3.63) is 34.9 Å². The van der Waals surface area contributed by atoms with E-state index in [9.17, 15) is 26.7 Å². The third-order valence-corrected chi connectivity index (χ3v) is 1.49. The van der Waals surface area contributed by atoms with E-state index in [0.717, 1.165) is 0 Å². The highest BCUT2D eigenvalue weighted by Crippen LogP contribution is 2.32. The number of halogens is 5. The van der Waals surface area contributed by atoms with Crippen LogP contribution in [0.25, 0.3) is 0 Å². The van der Waals surface area contributed by atoms with E-state index in [1.165, 1.54) is 0 Å². The van der Waals surface area contributed by atoms with E-state index in [1.807, 2.05) is 0 Å². The molecule has 0 amide bonds. The lowest BCUT2D eigenvalue weighted by Gasteiger charge is -2.08. The Morgan fingerprint density at radius 3 is 2.14 bits per heavy atom. The van der Waals surface area contributed by atoms with Crippen LogP contribution in [0.3, 0.4) is 0 Å². The molecule has 76 valence electrons. The van der Waals surface area contributed by atoms with E-state index >= 15 is 0 Å². The summed E-state index contributed by atoms with van der Waals surface area (Å²) >= 11 is 0. The van der Waals surface area contributed by atoms with Gasteiger partial charge in [-0.3, -0.25) is 4.79 Å². The van der Waals surface area contributed by atoms with Crippen molar-refractivity contribution in [1.29, 1.82) is 0 Å². The van der Waals surface area contributed by atoms with Gasteiger partial charge in [0, 0.05) is 5.56 Å². The van der Waals surface area contributed by atoms with E-state index in [2.05, 4.69) is 0 Å². The van der Waals surface area contributed by atoms with Gasteiger partial charge in [0.05, 0.1) is 5.56 Å². The van der Waals surface area contributed by atoms with Gasteiger partial charge in [-0.15, -0.1) is 0 Å². The van der Waals surface area contributed by atoms with Gasteiger partial charge in [0.25, 0.3) is 0 Å². The molecule has 0 fully saturated rings. The molecule has 6 heteroatoms. The molecule has 0 spiro atoms. The molecule has 0 aliphatic rings. The first-order valence-electron chi connectivity index (χ1n) is 3.37. The quantitative estimate of drug-likeness (QED) is 0.514. The zero-order valence-corrected chi connectivity index (χ0v) is 6.53. The molecule has 0 N–H and O–H groups in total. The van der Waals surface area contributed by atoms with Crippen LogP contribution in [-0.2, 0) is 6.18 Å². The predicted molar refractivity (Wildman–Crippen MR) is 36.7 cm³/mol. The van der Waals surface area contributed by atoms with Crippen LogP contribution < -0.4 is 0 Å². The van der Waals surface area contributed by atoms with Gasteiger partial charge in [0.1, 0.15) is 6.29 Å². The summed E-state index contributed by atoms with van der Waals surface area (Å²) in [5.41, 5.74) is -2.34. The highest BCUT2D eigenvalue weighted by molar-refractivity contribution is 5.75. The molecule has 14 heavy (non-hydrogen) atoms. The lowest BCUT2D eigenvalue weighted by molar-refractivity contribution is -0.140. The normalized spacial score (nSPS) is 11.5. The van der Waals surface area contributed by atoms with Crippen molar-refractivity contribution in [3.63, 3.8) is 0 Å². The predicted octanol–water partition coefficient (Wildman–Crippen LogP) is 2.80. The van der Waals surface area contributed by atoms with E-state index in [4.69, 9.17) is 0 Å². The lowest BCUT2D eigenvalue weighted by Crippen LogP contribution is -2.10. The molecule has 0 aliphatic carbocycles. The zero-order chi connectivity index (χ0) is 10.9. The molecule has 0 aromatic heterocycles. The minimum atomic E-state index is -5.01. The maximum absolute atomic E-state index is 12.6. The summed E-state index contributed by atoms with van der Waals surface area (Å²) < 4.78 is 61.2. The molecular weight excluding hydrogens is 207 g/mol. The van der Waals surface area contributed by atoms with Gasteiger partial charge in [-0.25, -0.2) is 8.78 Å². The second-order valence-corrected chi connectivity index (χ2v) is 2.48. The number of hydrogen-bond acceptors (Lipinski definition) is 1. The Hall–Kier alpha value is -1.46. The van der Waals surface area contributed by atoms with Gasteiger partial charge in [0.15, 0.2) is 11.6 Å². The minimum absolute atomic E-state index is 0.0117. The van der Waals surface area contributed by atoms with Crippen LogP contribution in [0.5, 0.6) is 0 Å². The molecule has 0 radical (unpaired) electrons. The Balaban J connectivity index is 3.42. The maximum Gasteiger partial charge on any atom is 0.419 e. The van der Waals surface area contributed by atoms with Crippen molar-refractivity contribution >= 4 is 6.29 Å². The molecule has 1 aromatic carbocycles. The SMILES string of the molecule is O=Cc1cc(F)c(F)c(C(F)(F)F)c1. The highest BCUT2D eigenvalue weighted by Gasteiger charge is 2.35. The Bertz CT molecular complexity index is 369. The smallest absolute Gasteiger partial charge is 0.298 e. The second kappa shape index (κ2) is 3.36. The molecular formula is C8H3F5O. The van der Waals surface area contributed by atoms with Crippen LogP contribution in [0.4, 0.5) is 22.0 Å². The largest absolute Gasteiger partial charge is 0.419 e. The summed E-state index contributed by atoms with van der Waals surface area (Å²) in [4.78, 5) is 10.1. The number of alkyl halides is 3. The Morgan fingerprint density at radius 2 is 1.71 bits per heavy atom. The first-order valence-corrected chi connectivity index (χ1v) is 3.37. The number of carbonyl (C=O) groups excluding carboxylic acids is 1. The maximum atomic E-state index is 12.6. The fourth-order valence-corrected chi connectivity index (χ4v) is 0.884. The monoisotopic (exact) mass is 210 g/mol. The molecule has 0 bridgehead atoms. The topological polar surface area (TPSA) is 17.1 Å². The number of benzene rings is 1. The molecule has 1 aromatic rings. The van der Waals surface area contributed by atoms with Crippen molar-refractivity contribution in [2.24, 2.45) is 0 Å². The summed E-state index contributed by atoms with van der Waals surface area (Å²) in [7, 11) is 0. The highest BCUT2D eigenvalue weighted by atomic mass is 19.4. The first-order chi connectivity index (χ1) is 6.36. The molecule has 0 heterocycles. The van der Waals surface area contributed by atoms with Crippen LogP contribution in [0.2, 0.25) is 0 Å². The summed E-state index contributed by atoms with van der Waals surface area (Å²) in [6, 6.07) is 0.656. The van der Waals surface area contributed by atoms with E-state index in [-0.39, 0.29) is 12.4 Å². The van der Waals surface area contributed by atoms with Crippen molar-refractivity contribution in [2.75, 3.05) is 0 Å². The van der Waals surface area contributed by atoms with Gasteiger partial charge < -0.3 is 0 Å². The zero-order valence-electron chi connectivity index (χ0n) is 6.53. The fourth-order valence-electron chi connectivity index (χ4n) is 0.884. The number of rotatable bonds is 1. The molecule has 0 atom stereocenters. The van der Waals surface area contributed by atoms with Crippen LogP contribution >= 0.6 is 0 Å². The van der Waals surface area contributed by atoms with E-state index in [0.29, 0.717) is 6.07 Å². The average Bonchev–Trinajstić information content (AvgIpc) is 2.07. The van der Waals surface area contributed by atoms with E-state index < -0.39 is 28.9 Å². The Morgan fingerprint density at radius 1 is 1.14 bits per heavy atom. The van der Waals surface area contributed by atoms with E-state index in [1.54, 1.807) is 0 Å². The average molecular weight is 210 g/mol. The summed E-state index contributed by atoms with van der Waals surface area (Å²) in [5, 5.41) is 0. The van der Waals surface area contributed by atoms with Crippen molar-refractivity contribution in [3.8, 4) is 0 Å². The fraction of sp³-hybridized carbons (Fsp3) is 0.125. The second-order valence-electron chi connectivity index (χ2n) is 2.48. The van der Waals surface area contributed by atoms with Crippen LogP contribution in [0.15, 0.2) is 12.1 Å².